The number of aromatic nitrogens is 1. The maximum absolute atomic E-state index is 13.6. The van der Waals surface area contributed by atoms with Crippen LogP contribution < -0.4 is 19.6 Å². The van der Waals surface area contributed by atoms with Gasteiger partial charge in [-0.25, -0.2) is 9.79 Å². The van der Waals surface area contributed by atoms with Gasteiger partial charge in [0.15, 0.2) is 4.80 Å². The van der Waals surface area contributed by atoms with Crippen LogP contribution in [0.3, 0.4) is 0 Å². The fraction of sp³-hybridized carbons (Fsp3) is 0.167. The third-order valence-corrected chi connectivity index (χ3v) is 6.53. The molecule has 7 nitrogen and oxygen atoms in total. The molecule has 0 fully saturated rings. The molecule has 3 aromatic rings. The minimum atomic E-state index is -0.674. The minimum absolute atomic E-state index is 0.310. The summed E-state index contributed by atoms with van der Waals surface area (Å²) in [5.74, 6) is -0.665. The van der Waals surface area contributed by atoms with E-state index in [9.17, 15) is 14.4 Å². The second-order valence-electron chi connectivity index (χ2n) is 7.26. The molecule has 0 aliphatic carbocycles. The van der Waals surface area contributed by atoms with Gasteiger partial charge in [-0.2, -0.15) is 0 Å². The van der Waals surface area contributed by atoms with Gasteiger partial charge in [-0.1, -0.05) is 57.6 Å². The van der Waals surface area contributed by atoms with Gasteiger partial charge in [0, 0.05) is 17.0 Å². The number of benzene rings is 2. The van der Waals surface area contributed by atoms with Crippen molar-refractivity contribution in [1.82, 2.24) is 4.57 Å². The van der Waals surface area contributed by atoms with E-state index in [1.54, 1.807) is 31.2 Å². The number of esters is 2. The Morgan fingerprint density at radius 1 is 1.18 bits per heavy atom. The van der Waals surface area contributed by atoms with Gasteiger partial charge >= 0.3 is 11.9 Å². The van der Waals surface area contributed by atoms with Crippen LogP contribution in [0.15, 0.2) is 74.1 Å². The van der Waals surface area contributed by atoms with Crippen molar-refractivity contribution in [2.75, 3.05) is 7.11 Å². The Morgan fingerprint density at radius 2 is 1.91 bits per heavy atom. The van der Waals surface area contributed by atoms with Gasteiger partial charge in [0.2, 0.25) is 0 Å². The molecule has 1 unspecified atom stereocenters. The number of rotatable bonds is 4. The first-order chi connectivity index (χ1) is 15.8. The highest BCUT2D eigenvalue weighted by molar-refractivity contribution is 9.10. The van der Waals surface area contributed by atoms with E-state index in [0.717, 1.165) is 10.0 Å². The summed E-state index contributed by atoms with van der Waals surface area (Å²) in [5.41, 5.74) is 1.82. The smallest absolute Gasteiger partial charge is 0.338 e. The standard InChI is InChI=1S/C24H19BrN2O5S/c1-13-20(23(30)31-3)21(15-7-5-4-6-8-15)27-22(29)19(33-24(27)26-13)12-16-11-17(25)9-10-18(16)32-14(2)28/h4-12,21H,1-3H3. The van der Waals surface area contributed by atoms with Gasteiger partial charge in [-0.3, -0.25) is 14.2 Å². The van der Waals surface area contributed by atoms with E-state index in [0.29, 0.717) is 31.9 Å². The summed E-state index contributed by atoms with van der Waals surface area (Å²) in [6.07, 6.45) is 1.66. The van der Waals surface area contributed by atoms with Crippen LogP contribution in [-0.2, 0) is 14.3 Å². The van der Waals surface area contributed by atoms with E-state index >= 15 is 0 Å². The van der Waals surface area contributed by atoms with E-state index < -0.39 is 18.0 Å². The first-order valence-electron chi connectivity index (χ1n) is 9.94. The maximum atomic E-state index is 13.6. The number of ether oxygens (including phenoxy) is 2. The molecule has 0 amide bonds. The van der Waals surface area contributed by atoms with Crippen molar-refractivity contribution in [3.63, 3.8) is 0 Å². The number of carbonyl (C=O) groups is 2. The molecule has 1 atom stereocenters. The first kappa shape index (κ1) is 22.9. The maximum Gasteiger partial charge on any atom is 0.338 e. The van der Waals surface area contributed by atoms with Gasteiger partial charge in [-0.05, 0) is 36.8 Å². The van der Waals surface area contributed by atoms with Gasteiger partial charge < -0.3 is 9.47 Å². The van der Waals surface area contributed by atoms with E-state index in [-0.39, 0.29) is 5.56 Å². The highest BCUT2D eigenvalue weighted by Crippen LogP contribution is 2.30. The number of allylic oxidation sites excluding steroid dienone is 1. The molecule has 0 N–H and O–H groups in total. The van der Waals surface area contributed by atoms with Crippen molar-refractivity contribution in [3.05, 3.63) is 95.1 Å². The van der Waals surface area contributed by atoms with Crippen molar-refractivity contribution in [1.29, 1.82) is 0 Å². The van der Waals surface area contributed by atoms with Crippen LogP contribution in [0.4, 0.5) is 0 Å². The van der Waals surface area contributed by atoms with Gasteiger partial charge in [0.1, 0.15) is 5.75 Å². The predicted molar refractivity (Wildman–Crippen MR) is 128 cm³/mol. The number of fused-ring (bicyclic) bond motifs is 1. The fourth-order valence-electron chi connectivity index (χ4n) is 3.66. The summed E-state index contributed by atoms with van der Waals surface area (Å²) >= 11 is 4.61. The average molecular weight is 527 g/mol. The van der Waals surface area contributed by atoms with Crippen LogP contribution >= 0.6 is 27.3 Å². The Kier molecular flexibility index (Phi) is 6.44. The molecule has 2 heterocycles. The number of nitrogens with zero attached hydrogens (tertiary/aromatic N) is 2. The number of hydrogen-bond donors (Lipinski definition) is 0. The van der Waals surface area contributed by atoms with Crippen LogP contribution in [0.25, 0.3) is 6.08 Å². The third kappa shape index (κ3) is 4.46. The lowest BCUT2D eigenvalue weighted by Gasteiger charge is -2.24. The lowest BCUT2D eigenvalue weighted by atomic mass is 9.96. The number of halogens is 1. The molecule has 9 heteroatoms. The minimum Gasteiger partial charge on any atom is -0.466 e. The molecule has 0 saturated heterocycles. The summed E-state index contributed by atoms with van der Waals surface area (Å²) in [6, 6.07) is 13.8. The predicted octanol–water partition coefficient (Wildman–Crippen LogP) is 3.10. The number of carbonyl (C=O) groups excluding carboxylic acids is 2. The summed E-state index contributed by atoms with van der Waals surface area (Å²) < 4.78 is 13.0. The molecule has 33 heavy (non-hydrogen) atoms. The molecule has 1 aliphatic heterocycles. The largest absolute Gasteiger partial charge is 0.466 e. The quantitative estimate of drug-likeness (QED) is 0.385. The summed E-state index contributed by atoms with van der Waals surface area (Å²) in [7, 11) is 1.31. The van der Waals surface area contributed by atoms with Crippen LogP contribution in [0.5, 0.6) is 5.75 Å². The molecular weight excluding hydrogens is 508 g/mol. The number of thiazole rings is 1. The molecular formula is C24H19BrN2O5S. The SMILES string of the molecule is COC(=O)C1=C(C)N=c2sc(=Cc3cc(Br)ccc3OC(C)=O)c(=O)n2C1c1ccccc1. The van der Waals surface area contributed by atoms with E-state index in [1.165, 1.54) is 29.9 Å². The fourth-order valence-corrected chi connectivity index (χ4v) is 5.08. The second kappa shape index (κ2) is 9.29. The molecule has 0 radical (unpaired) electrons. The van der Waals surface area contributed by atoms with Crippen molar-refractivity contribution in [2.24, 2.45) is 4.99 Å². The average Bonchev–Trinajstić information content (AvgIpc) is 3.09. The van der Waals surface area contributed by atoms with Gasteiger partial charge in [0.25, 0.3) is 5.56 Å². The van der Waals surface area contributed by atoms with Crippen molar-refractivity contribution >= 4 is 45.3 Å². The third-order valence-electron chi connectivity index (χ3n) is 5.05. The molecule has 0 bridgehead atoms. The van der Waals surface area contributed by atoms with Crippen LogP contribution in [-0.4, -0.2) is 23.6 Å². The molecule has 2 aromatic carbocycles. The normalized spacial score (nSPS) is 15.6. The Hall–Kier alpha value is -3.30. The molecule has 1 aliphatic rings. The number of methoxy groups -OCH3 is 1. The summed E-state index contributed by atoms with van der Waals surface area (Å²) in [5, 5.41) is 0. The van der Waals surface area contributed by atoms with E-state index in [2.05, 4.69) is 20.9 Å². The van der Waals surface area contributed by atoms with Crippen LogP contribution in [0.2, 0.25) is 0 Å². The monoisotopic (exact) mass is 526 g/mol. The zero-order chi connectivity index (χ0) is 23.7. The summed E-state index contributed by atoms with van der Waals surface area (Å²) in [4.78, 5) is 42.7. The first-order valence-corrected chi connectivity index (χ1v) is 11.5. The zero-order valence-corrected chi connectivity index (χ0v) is 20.4. The second-order valence-corrected chi connectivity index (χ2v) is 9.18. The van der Waals surface area contributed by atoms with Crippen molar-refractivity contribution in [2.45, 2.75) is 19.9 Å². The molecule has 4 rings (SSSR count). The Bertz CT molecular complexity index is 1470. The lowest BCUT2D eigenvalue weighted by molar-refractivity contribution is -0.136. The van der Waals surface area contributed by atoms with Crippen LogP contribution in [0.1, 0.15) is 31.0 Å². The Labute approximate surface area is 201 Å². The van der Waals surface area contributed by atoms with E-state index in [1.807, 2.05) is 30.3 Å². The summed E-state index contributed by atoms with van der Waals surface area (Å²) in [6.45, 7) is 3.04. The number of hydrogen-bond acceptors (Lipinski definition) is 7. The van der Waals surface area contributed by atoms with Crippen molar-refractivity contribution in [3.8, 4) is 5.75 Å². The molecule has 1 aromatic heterocycles. The molecule has 0 spiro atoms. The zero-order valence-electron chi connectivity index (χ0n) is 18.0. The Balaban J connectivity index is 1.97. The van der Waals surface area contributed by atoms with Crippen LogP contribution in [0, 0.1) is 0 Å². The molecule has 0 saturated carbocycles. The van der Waals surface area contributed by atoms with E-state index in [4.69, 9.17) is 9.47 Å². The topological polar surface area (TPSA) is 87.0 Å². The Morgan fingerprint density at radius 3 is 2.58 bits per heavy atom. The highest BCUT2D eigenvalue weighted by Gasteiger charge is 2.32. The highest BCUT2D eigenvalue weighted by atomic mass is 79.9. The lowest BCUT2D eigenvalue weighted by Crippen LogP contribution is -2.39. The van der Waals surface area contributed by atoms with Gasteiger partial charge in [-0.15, -0.1) is 0 Å². The van der Waals surface area contributed by atoms with Crippen molar-refractivity contribution < 1.29 is 19.1 Å². The van der Waals surface area contributed by atoms with Gasteiger partial charge in [0.05, 0.1) is 29.0 Å². The molecule has 168 valence electrons.